The van der Waals surface area contributed by atoms with Crippen molar-refractivity contribution in [2.45, 2.75) is 0 Å². The van der Waals surface area contributed by atoms with Gasteiger partial charge in [0.2, 0.25) is 0 Å². The summed E-state index contributed by atoms with van der Waals surface area (Å²) in [5.74, 6) is 0.391. The fraction of sp³-hybridized carbons (Fsp3) is 0.158. The van der Waals surface area contributed by atoms with Crippen LogP contribution in [0.15, 0.2) is 48.8 Å². The summed E-state index contributed by atoms with van der Waals surface area (Å²) in [6, 6.07) is 11.1. The first-order valence-corrected chi connectivity index (χ1v) is 8.43. The first-order chi connectivity index (χ1) is 13.6. The third kappa shape index (κ3) is 3.13. The molecule has 9 nitrogen and oxygen atoms in total. The molecule has 9 heteroatoms. The summed E-state index contributed by atoms with van der Waals surface area (Å²) >= 11 is 0. The molecule has 2 heterocycles. The highest BCUT2D eigenvalue weighted by molar-refractivity contribution is 5.77. The van der Waals surface area contributed by atoms with Gasteiger partial charge in [0.1, 0.15) is 11.3 Å². The van der Waals surface area contributed by atoms with Crippen LogP contribution in [0.25, 0.3) is 28.1 Å². The molecule has 0 amide bonds. The molecule has 0 fully saturated rings. The van der Waals surface area contributed by atoms with Gasteiger partial charge in [0, 0.05) is 30.7 Å². The normalized spacial score (nSPS) is 10.9. The molecule has 4 aromatic rings. The Hall–Kier alpha value is -3.88. The number of nitrogens with zero attached hydrogens (tertiary/aromatic N) is 5. The van der Waals surface area contributed by atoms with Gasteiger partial charge >= 0.3 is 5.97 Å². The average molecular weight is 379 g/mol. The molecule has 0 bridgehead atoms. The summed E-state index contributed by atoms with van der Waals surface area (Å²) in [7, 11) is 3.34. The van der Waals surface area contributed by atoms with E-state index in [-0.39, 0.29) is 0 Å². The second-order valence-corrected chi connectivity index (χ2v) is 6.05. The van der Waals surface area contributed by atoms with E-state index in [1.54, 1.807) is 23.0 Å². The van der Waals surface area contributed by atoms with Crippen molar-refractivity contribution in [2.75, 3.05) is 13.7 Å². The number of imidazole rings is 1. The number of rotatable bonds is 6. The quantitative estimate of drug-likeness (QED) is 0.548. The molecule has 28 heavy (non-hydrogen) atoms. The lowest BCUT2D eigenvalue weighted by Gasteiger charge is -2.12. The summed E-state index contributed by atoms with van der Waals surface area (Å²) < 4.78 is 14.2. The lowest BCUT2D eigenvalue weighted by atomic mass is 10.1. The number of ether oxygens (including phenoxy) is 2. The maximum Gasteiger partial charge on any atom is 0.341 e. The van der Waals surface area contributed by atoms with Gasteiger partial charge in [-0.2, -0.15) is 0 Å². The number of carboxylic acids is 1. The SMILES string of the molecule is COc1ccc(-c2nccn2-c2ccc3c(c2)nnn3C)cc1OCC(=O)O. The molecule has 2 aromatic carbocycles. The minimum atomic E-state index is -1.06. The highest BCUT2D eigenvalue weighted by atomic mass is 16.5. The van der Waals surface area contributed by atoms with Crippen LogP contribution in [0.4, 0.5) is 0 Å². The summed E-state index contributed by atoms with van der Waals surface area (Å²) in [4.78, 5) is 15.3. The molecule has 0 saturated heterocycles. The molecule has 0 radical (unpaired) electrons. The number of carbonyl (C=O) groups is 1. The third-order valence-electron chi connectivity index (χ3n) is 4.29. The Morgan fingerprint density at radius 3 is 2.82 bits per heavy atom. The largest absolute Gasteiger partial charge is 0.493 e. The van der Waals surface area contributed by atoms with Crippen molar-refractivity contribution in [3.05, 3.63) is 48.8 Å². The van der Waals surface area contributed by atoms with E-state index in [1.165, 1.54) is 7.11 Å². The molecule has 1 N–H and O–H groups in total. The topological polar surface area (TPSA) is 104 Å². The fourth-order valence-corrected chi connectivity index (χ4v) is 2.97. The maximum atomic E-state index is 10.8. The Balaban J connectivity index is 1.75. The Morgan fingerprint density at radius 1 is 1.18 bits per heavy atom. The van der Waals surface area contributed by atoms with Crippen molar-refractivity contribution < 1.29 is 19.4 Å². The second-order valence-electron chi connectivity index (χ2n) is 6.05. The molecule has 0 atom stereocenters. The Bertz CT molecular complexity index is 1160. The summed E-state index contributed by atoms with van der Waals surface area (Å²) in [6.45, 7) is -0.461. The van der Waals surface area contributed by atoms with Crippen LogP contribution < -0.4 is 9.47 Å². The van der Waals surface area contributed by atoms with Crippen molar-refractivity contribution >= 4 is 17.0 Å². The molecule has 142 valence electrons. The molecule has 0 aliphatic heterocycles. The highest BCUT2D eigenvalue weighted by Crippen LogP contribution is 2.33. The molecular weight excluding hydrogens is 362 g/mol. The molecule has 2 aromatic heterocycles. The van der Waals surface area contributed by atoms with E-state index < -0.39 is 12.6 Å². The zero-order chi connectivity index (χ0) is 19.7. The summed E-state index contributed by atoms with van der Waals surface area (Å²) in [5, 5.41) is 17.1. The van der Waals surface area contributed by atoms with Crippen LogP contribution in [0.1, 0.15) is 0 Å². The van der Waals surface area contributed by atoms with E-state index >= 15 is 0 Å². The van der Waals surface area contributed by atoms with Gasteiger partial charge in [-0.15, -0.1) is 5.10 Å². The van der Waals surface area contributed by atoms with Gasteiger partial charge in [-0.25, -0.2) is 14.5 Å². The lowest BCUT2D eigenvalue weighted by Crippen LogP contribution is -2.10. The number of fused-ring (bicyclic) bond motifs is 1. The molecular formula is C19H17N5O4. The number of benzene rings is 2. The van der Waals surface area contributed by atoms with Crippen LogP contribution in [-0.4, -0.2) is 49.3 Å². The van der Waals surface area contributed by atoms with Crippen molar-refractivity contribution in [3.8, 4) is 28.6 Å². The van der Waals surface area contributed by atoms with E-state index in [1.807, 2.05) is 42.1 Å². The number of hydrogen-bond acceptors (Lipinski definition) is 6. The number of hydrogen-bond donors (Lipinski definition) is 1. The summed E-state index contributed by atoms with van der Waals surface area (Å²) in [6.07, 6.45) is 3.53. The average Bonchev–Trinajstić information content (AvgIpc) is 3.33. The zero-order valence-electron chi connectivity index (χ0n) is 15.2. The molecule has 0 saturated carbocycles. The van der Waals surface area contributed by atoms with Gasteiger partial charge in [-0.1, -0.05) is 5.21 Å². The van der Waals surface area contributed by atoms with Gasteiger partial charge in [0.25, 0.3) is 0 Å². The second kappa shape index (κ2) is 7.03. The van der Waals surface area contributed by atoms with Crippen LogP contribution in [-0.2, 0) is 11.8 Å². The van der Waals surface area contributed by atoms with E-state index in [9.17, 15) is 4.79 Å². The smallest absolute Gasteiger partial charge is 0.341 e. The molecule has 4 rings (SSSR count). The van der Waals surface area contributed by atoms with E-state index in [0.29, 0.717) is 17.3 Å². The number of carboxylic acid groups (broad SMARTS) is 1. The maximum absolute atomic E-state index is 10.8. The van der Waals surface area contributed by atoms with Gasteiger partial charge in [0.05, 0.1) is 12.6 Å². The van der Waals surface area contributed by atoms with Crippen molar-refractivity contribution in [3.63, 3.8) is 0 Å². The molecule has 0 spiro atoms. The molecule has 0 aliphatic carbocycles. The van der Waals surface area contributed by atoms with Crippen LogP contribution in [0, 0.1) is 0 Å². The zero-order valence-corrected chi connectivity index (χ0v) is 15.2. The van der Waals surface area contributed by atoms with Crippen molar-refractivity contribution in [1.29, 1.82) is 0 Å². The lowest BCUT2D eigenvalue weighted by molar-refractivity contribution is -0.139. The van der Waals surface area contributed by atoms with Crippen LogP contribution in [0.3, 0.4) is 0 Å². The first kappa shape index (κ1) is 17.5. The monoisotopic (exact) mass is 379 g/mol. The van der Waals surface area contributed by atoms with E-state index in [0.717, 1.165) is 22.3 Å². The number of aromatic nitrogens is 5. The number of aryl methyl sites for hydroxylation is 1. The minimum Gasteiger partial charge on any atom is -0.493 e. The standard InChI is InChI=1S/C19H17N5O4/c1-23-15-5-4-13(10-14(15)21-22-23)24-8-7-20-19(24)12-3-6-16(27-2)17(9-12)28-11-18(25)26/h3-10H,11H2,1-2H3,(H,25,26). The van der Waals surface area contributed by atoms with Crippen LogP contribution in [0.5, 0.6) is 11.5 Å². The predicted octanol–water partition coefficient (Wildman–Crippen LogP) is 2.29. The molecule has 0 aliphatic rings. The van der Waals surface area contributed by atoms with E-state index in [4.69, 9.17) is 14.6 Å². The van der Waals surface area contributed by atoms with Crippen molar-refractivity contribution in [2.24, 2.45) is 7.05 Å². The first-order valence-electron chi connectivity index (χ1n) is 8.43. The van der Waals surface area contributed by atoms with Crippen LogP contribution >= 0.6 is 0 Å². The summed E-state index contributed by atoms with van der Waals surface area (Å²) in [5.41, 5.74) is 3.34. The van der Waals surface area contributed by atoms with Gasteiger partial charge < -0.3 is 14.6 Å². The molecule has 0 unspecified atom stereocenters. The van der Waals surface area contributed by atoms with Gasteiger partial charge in [0.15, 0.2) is 18.1 Å². The number of methoxy groups -OCH3 is 1. The minimum absolute atomic E-state index is 0.335. The Morgan fingerprint density at radius 2 is 2.04 bits per heavy atom. The van der Waals surface area contributed by atoms with Crippen LogP contribution in [0.2, 0.25) is 0 Å². The fourth-order valence-electron chi connectivity index (χ4n) is 2.97. The third-order valence-corrected chi connectivity index (χ3v) is 4.29. The Labute approximate surface area is 159 Å². The highest BCUT2D eigenvalue weighted by Gasteiger charge is 2.14. The number of aliphatic carboxylic acids is 1. The van der Waals surface area contributed by atoms with Gasteiger partial charge in [-0.05, 0) is 36.4 Å². The van der Waals surface area contributed by atoms with Gasteiger partial charge in [-0.3, -0.25) is 4.57 Å². The van der Waals surface area contributed by atoms with Crippen molar-refractivity contribution in [1.82, 2.24) is 24.5 Å². The van der Waals surface area contributed by atoms with E-state index in [2.05, 4.69) is 15.3 Å². The predicted molar refractivity (Wildman–Crippen MR) is 101 cm³/mol. The Kier molecular flexibility index (Phi) is 4.40.